The normalized spacial score (nSPS) is 16.5. The van der Waals surface area contributed by atoms with E-state index in [1.807, 2.05) is 6.92 Å². The van der Waals surface area contributed by atoms with E-state index < -0.39 is 17.7 Å². The number of carbonyl (C=O) groups is 2. The summed E-state index contributed by atoms with van der Waals surface area (Å²) in [6, 6.07) is 8.84. The molecule has 0 bridgehead atoms. The van der Waals surface area contributed by atoms with Crippen molar-refractivity contribution >= 4 is 29.0 Å². The highest BCUT2D eigenvalue weighted by Crippen LogP contribution is 2.43. The number of phenolic OH excluding ortho intramolecular Hbond substituents is 1. The zero-order chi connectivity index (χ0) is 21.3. The third kappa shape index (κ3) is 3.68. The maximum absolute atomic E-state index is 12.9. The zero-order valence-electron chi connectivity index (χ0n) is 16.4. The molecule has 0 aliphatic carbocycles. The fourth-order valence-corrected chi connectivity index (χ4v) is 3.54. The minimum Gasteiger partial charge on any atom is -0.504 e. The molecule has 7 heteroatoms. The number of phenols is 1. The van der Waals surface area contributed by atoms with Crippen LogP contribution in [0.5, 0.6) is 11.5 Å². The molecule has 3 rings (SSSR count). The molecule has 152 valence electrons. The van der Waals surface area contributed by atoms with E-state index in [0.717, 1.165) is 5.56 Å². The summed E-state index contributed by atoms with van der Waals surface area (Å²) in [5.41, 5.74) is 1.83. The molecule has 2 aromatic rings. The molecular weight excluding hydrogens is 394 g/mol. The summed E-state index contributed by atoms with van der Waals surface area (Å²) < 4.78 is 5.45. The number of Topliss-reactive ketones (excluding diaryl/α,β-unsaturated/α-hetero) is 1. The van der Waals surface area contributed by atoms with Crippen molar-refractivity contribution in [3.05, 3.63) is 63.9 Å². The fraction of sp³-hybridized carbons (Fsp3) is 0.273. The van der Waals surface area contributed by atoms with Gasteiger partial charge < -0.3 is 14.9 Å². The first-order valence-corrected chi connectivity index (χ1v) is 9.69. The number of amides is 1. The Labute approximate surface area is 174 Å². The highest BCUT2D eigenvalue weighted by molar-refractivity contribution is 6.31. The minimum absolute atomic E-state index is 0.0161. The summed E-state index contributed by atoms with van der Waals surface area (Å²) in [4.78, 5) is 26.9. The van der Waals surface area contributed by atoms with Crippen molar-refractivity contribution in [3.63, 3.8) is 0 Å². The summed E-state index contributed by atoms with van der Waals surface area (Å²) in [5, 5.41) is 21.0. The molecule has 1 unspecified atom stereocenters. The number of ether oxygens (including phenoxy) is 1. The number of benzene rings is 2. The van der Waals surface area contributed by atoms with Crippen LogP contribution in [0.3, 0.4) is 0 Å². The molecule has 2 aromatic carbocycles. The van der Waals surface area contributed by atoms with Crippen LogP contribution in [0.4, 0.5) is 5.69 Å². The maximum atomic E-state index is 12.9. The lowest BCUT2D eigenvalue weighted by atomic mass is 9.94. The minimum atomic E-state index is -0.867. The third-order valence-electron chi connectivity index (χ3n) is 4.86. The van der Waals surface area contributed by atoms with Crippen LogP contribution in [0.1, 0.15) is 37.4 Å². The number of ketones is 1. The van der Waals surface area contributed by atoms with Gasteiger partial charge >= 0.3 is 0 Å². The van der Waals surface area contributed by atoms with Crippen molar-refractivity contribution in [3.8, 4) is 11.5 Å². The van der Waals surface area contributed by atoms with Gasteiger partial charge in [0.25, 0.3) is 5.91 Å². The number of aliphatic hydroxyl groups excluding tert-OH is 1. The van der Waals surface area contributed by atoms with Crippen LogP contribution in [0, 0.1) is 6.92 Å². The van der Waals surface area contributed by atoms with Gasteiger partial charge in [-0.3, -0.25) is 14.5 Å². The monoisotopic (exact) mass is 415 g/mol. The number of halogens is 1. The smallest absolute Gasteiger partial charge is 0.294 e. The number of rotatable bonds is 6. The van der Waals surface area contributed by atoms with Crippen molar-refractivity contribution in [1.29, 1.82) is 0 Å². The average molecular weight is 416 g/mol. The topological polar surface area (TPSA) is 87.1 Å². The van der Waals surface area contributed by atoms with Gasteiger partial charge in [0.05, 0.1) is 18.2 Å². The number of aromatic hydroxyl groups is 1. The van der Waals surface area contributed by atoms with E-state index in [9.17, 15) is 19.8 Å². The Bertz CT molecular complexity index is 1010. The molecule has 0 aromatic heterocycles. The zero-order valence-corrected chi connectivity index (χ0v) is 17.2. The van der Waals surface area contributed by atoms with Crippen LogP contribution in [-0.2, 0) is 9.59 Å². The number of hydrogen-bond donors (Lipinski definition) is 2. The molecule has 1 aliphatic rings. The van der Waals surface area contributed by atoms with E-state index in [2.05, 4.69) is 0 Å². The van der Waals surface area contributed by atoms with Gasteiger partial charge in [0.2, 0.25) is 0 Å². The molecule has 0 saturated carbocycles. The van der Waals surface area contributed by atoms with Crippen molar-refractivity contribution in [2.75, 3.05) is 11.5 Å². The summed E-state index contributed by atoms with van der Waals surface area (Å²) in [6.07, 6.45) is 0.127. The van der Waals surface area contributed by atoms with Crippen LogP contribution in [0.2, 0.25) is 5.02 Å². The van der Waals surface area contributed by atoms with Crippen LogP contribution >= 0.6 is 11.6 Å². The van der Waals surface area contributed by atoms with Crippen LogP contribution < -0.4 is 9.64 Å². The molecule has 1 atom stereocenters. The summed E-state index contributed by atoms with van der Waals surface area (Å²) in [5.74, 6) is -1.43. The maximum Gasteiger partial charge on any atom is 0.294 e. The Morgan fingerprint density at radius 2 is 1.90 bits per heavy atom. The number of anilines is 1. The second-order valence-electron chi connectivity index (χ2n) is 6.71. The lowest BCUT2D eigenvalue weighted by Crippen LogP contribution is -2.31. The van der Waals surface area contributed by atoms with Gasteiger partial charge in [0, 0.05) is 17.1 Å². The summed E-state index contributed by atoms with van der Waals surface area (Å²) >= 11 is 6.25. The molecular formula is C22H22ClNO5. The Morgan fingerprint density at radius 3 is 2.52 bits per heavy atom. The first kappa shape index (κ1) is 20.7. The lowest BCUT2D eigenvalue weighted by Gasteiger charge is -2.27. The van der Waals surface area contributed by atoms with Crippen molar-refractivity contribution in [1.82, 2.24) is 0 Å². The highest BCUT2D eigenvalue weighted by atomic mass is 35.5. The molecule has 0 fully saturated rings. The standard InChI is InChI=1S/C22H22ClNO5/c1-4-16(25)19-20(13-7-9-17(26)18(10-13)29-5-2)24(22(28)21(19)27)14-8-6-12(3)15(23)11-14/h6-11,20,26-27H,4-5H2,1-3H3. The molecule has 6 nitrogen and oxygen atoms in total. The number of aryl methyl sites for hydroxylation is 1. The predicted molar refractivity (Wildman–Crippen MR) is 111 cm³/mol. The summed E-state index contributed by atoms with van der Waals surface area (Å²) in [7, 11) is 0. The Hall–Kier alpha value is -2.99. The van der Waals surface area contributed by atoms with Gasteiger partial charge in [0.15, 0.2) is 23.0 Å². The van der Waals surface area contributed by atoms with Gasteiger partial charge in [-0.25, -0.2) is 0 Å². The summed E-state index contributed by atoms with van der Waals surface area (Å²) in [6.45, 7) is 5.62. The van der Waals surface area contributed by atoms with E-state index >= 15 is 0 Å². The second-order valence-corrected chi connectivity index (χ2v) is 7.12. The van der Waals surface area contributed by atoms with Gasteiger partial charge in [-0.2, -0.15) is 0 Å². The van der Waals surface area contributed by atoms with E-state index in [-0.39, 0.29) is 29.3 Å². The first-order chi connectivity index (χ1) is 13.8. The van der Waals surface area contributed by atoms with E-state index in [1.165, 1.54) is 11.0 Å². The second kappa shape index (κ2) is 8.17. The molecule has 0 spiro atoms. The van der Waals surface area contributed by atoms with Crippen molar-refractivity contribution < 1.29 is 24.5 Å². The van der Waals surface area contributed by atoms with E-state index in [1.54, 1.807) is 44.2 Å². The van der Waals surface area contributed by atoms with Crippen LogP contribution in [-0.4, -0.2) is 28.5 Å². The number of hydrogen-bond acceptors (Lipinski definition) is 5. The third-order valence-corrected chi connectivity index (χ3v) is 5.27. The van der Waals surface area contributed by atoms with Crippen LogP contribution in [0.15, 0.2) is 47.7 Å². The Balaban J connectivity index is 2.20. The molecule has 1 aliphatic heterocycles. The molecule has 0 saturated heterocycles. The molecule has 2 N–H and O–H groups in total. The highest BCUT2D eigenvalue weighted by Gasteiger charge is 2.44. The Morgan fingerprint density at radius 1 is 1.17 bits per heavy atom. The number of nitrogens with zero attached hydrogens (tertiary/aromatic N) is 1. The van der Waals surface area contributed by atoms with E-state index in [4.69, 9.17) is 16.3 Å². The van der Waals surface area contributed by atoms with Gasteiger partial charge in [0.1, 0.15) is 0 Å². The molecule has 0 radical (unpaired) electrons. The largest absolute Gasteiger partial charge is 0.504 e. The van der Waals surface area contributed by atoms with Crippen molar-refractivity contribution in [2.45, 2.75) is 33.2 Å². The quantitative estimate of drug-likeness (QED) is 0.718. The SMILES string of the molecule is CCOc1cc(C2C(C(=O)CC)=C(O)C(=O)N2c2ccc(C)c(Cl)c2)ccc1O. The fourth-order valence-electron chi connectivity index (χ4n) is 3.37. The Kier molecular flexibility index (Phi) is 5.84. The van der Waals surface area contributed by atoms with Gasteiger partial charge in [-0.05, 0) is 49.2 Å². The van der Waals surface area contributed by atoms with E-state index in [0.29, 0.717) is 22.9 Å². The molecule has 1 amide bonds. The number of carbonyl (C=O) groups excluding carboxylic acids is 2. The van der Waals surface area contributed by atoms with Gasteiger partial charge in [-0.15, -0.1) is 0 Å². The van der Waals surface area contributed by atoms with Gasteiger partial charge in [-0.1, -0.05) is 30.7 Å². The molecule has 29 heavy (non-hydrogen) atoms. The predicted octanol–water partition coefficient (Wildman–Crippen LogP) is 4.63. The average Bonchev–Trinajstić information content (AvgIpc) is 2.96. The molecule has 1 heterocycles. The number of aliphatic hydroxyl groups is 1. The first-order valence-electron chi connectivity index (χ1n) is 9.31. The lowest BCUT2D eigenvalue weighted by molar-refractivity contribution is -0.118. The van der Waals surface area contributed by atoms with Crippen LogP contribution in [0.25, 0.3) is 0 Å². The van der Waals surface area contributed by atoms with Crippen molar-refractivity contribution in [2.24, 2.45) is 0 Å².